The molecule has 1 aliphatic rings. The predicted octanol–water partition coefficient (Wildman–Crippen LogP) is 4.88. The summed E-state index contributed by atoms with van der Waals surface area (Å²) in [5.74, 6) is 0.996. The smallest absolute Gasteiger partial charge is 0.163 e. The lowest BCUT2D eigenvalue weighted by atomic mass is 10.0. The Balaban J connectivity index is 1.96. The van der Waals surface area contributed by atoms with Gasteiger partial charge in [-0.05, 0) is 24.1 Å². The minimum Gasteiger partial charge on any atom is -0.455 e. The summed E-state index contributed by atoms with van der Waals surface area (Å²) in [6.07, 6.45) is 1.38. The predicted molar refractivity (Wildman–Crippen MR) is 79.3 cm³/mol. The van der Waals surface area contributed by atoms with Gasteiger partial charge in [-0.25, -0.2) is 0 Å². The first-order valence-corrected chi connectivity index (χ1v) is 6.95. The van der Waals surface area contributed by atoms with Crippen molar-refractivity contribution < 1.29 is 9.21 Å². The molecule has 0 saturated heterocycles. The van der Waals surface area contributed by atoms with Crippen LogP contribution >= 0.6 is 11.6 Å². The molecule has 4 rings (SSSR count). The molecule has 0 radical (unpaired) electrons. The molecule has 20 heavy (non-hydrogen) atoms. The molecule has 0 spiro atoms. The van der Waals surface area contributed by atoms with Crippen LogP contribution in [0.1, 0.15) is 22.3 Å². The Morgan fingerprint density at radius 2 is 1.80 bits per heavy atom. The van der Waals surface area contributed by atoms with E-state index in [0.717, 1.165) is 34.3 Å². The minimum atomic E-state index is 0.219. The number of hydrogen-bond donors (Lipinski definition) is 0. The Morgan fingerprint density at radius 1 is 1.00 bits per heavy atom. The zero-order valence-corrected chi connectivity index (χ0v) is 11.4. The third-order valence-electron chi connectivity index (χ3n) is 3.84. The van der Waals surface area contributed by atoms with Crippen molar-refractivity contribution in [1.29, 1.82) is 0 Å². The first kappa shape index (κ1) is 11.7. The van der Waals surface area contributed by atoms with Gasteiger partial charge < -0.3 is 4.42 Å². The van der Waals surface area contributed by atoms with Crippen molar-refractivity contribution in [2.45, 2.75) is 12.8 Å². The normalized spacial score (nSPS) is 13.9. The molecule has 0 fully saturated rings. The third-order valence-corrected chi connectivity index (χ3v) is 4.14. The van der Waals surface area contributed by atoms with Gasteiger partial charge in [0.2, 0.25) is 0 Å². The van der Waals surface area contributed by atoms with Gasteiger partial charge in [-0.15, -0.1) is 0 Å². The van der Waals surface area contributed by atoms with Crippen LogP contribution in [-0.4, -0.2) is 5.78 Å². The van der Waals surface area contributed by atoms with E-state index < -0.39 is 0 Å². The number of para-hydroxylation sites is 1. The quantitative estimate of drug-likeness (QED) is 0.636. The molecule has 0 unspecified atom stereocenters. The summed E-state index contributed by atoms with van der Waals surface area (Å²) in [5, 5.41) is 1.59. The van der Waals surface area contributed by atoms with Crippen molar-refractivity contribution >= 4 is 28.4 Å². The zero-order valence-electron chi connectivity index (χ0n) is 10.7. The number of furan rings is 1. The fourth-order valence-electron chi connectivity index (χ4n) is 2.88. The molecule has 98 valence electrons. The van der Waals surface area contributed by atoms with Crippen molar-refractivity contribution in [3.63, 3.8) is 0 Å². The Kier molecular flexibility index (Phi) is 2.48. The van der Waals surface area contributed by atoms with Crippen molar-refractivity contribution in [2.24, 2.45) is 0 Å². The van der Waals surface area contributed by atoms with Gasteiger partial charge in [-0.2, -0.15) is 0 Å². The fraction of sp³-hybridized carbons (Fsp3) is 0.118. The number of benzene rings is 2. The number of rotatable bonds is 1. The van der Waals surface area contributed by atoms with Gasteiger partial charge in [0.15, 0.2) is 11.4 Å². The number of carbonyl (C=O) groups excluding carboxylic acids is 1. The molecule has 2 nitrogen and oxygen atoms in total. The SMILES string of the molecule is O=C1CCc2c1cccc2-c1cc2cccc(Cl)c2o1. The molecule has 0 atom stereocenters. The monoisotopic (exact) mass is 282 g/mol. The van der Waals surface area contributed by atoms with E-state index in [4.69, 9.17) is 16.0 Å². The summed E-state index contributed by atoms with van der Waals surface area (Å²) in [4.78, 5) is 11.8. The van der Waals surface area contributed by atoms with Gasteiger partial charge in [0, 0.05) is 22.9 Å². The van der Waals surface area contributed by atoms with E-state index >= 15 is 0 Å². The maximum atomic E-state index is 11.8. The highest BCUT2D eigenvalue weighted by Crippen LogP contribution is 2.36. The maximum Gasteiger partial charge on any atom is 0.163 e. The van der Waals surface area contributed by atoms with Gasteiger partial charge in [0.25, 0.3) is 0 Å². The largest absolute Gasteiger partial charge is 0.455 e. The topological polar surface area (TPSA) is 30.2 Å². The fourth-order valence-corrected chi connectivity index (χ4v) is 3.10. The van der Waals surface area contributed by atoms with E-state index in [9.17, 15) is 4.79 Å². The van der Waals surface area contributed by atoms with Crippen molar-refractivity contribution in [3.05, 3.63) is 58.6 Å². The Hall–Kier alpha value is -2.06. The van der Waals surface area contributed by atoms with Gasteiger partial charge in [-0.3, -0.25) is 4.79 Å². The van der Waals surface area contributed by atoms with E-state index in [-0.39, 0.29) is 5.78 Å². The van der Waals surface area contributed by atoms with Crippen LogP contribution in [0.2, 0.25) is 5.02 Å². The zero-order chi connectivity index (χ0) is 13.7. The summed E-state index contributed by atoms with van der Waals surface area (Å²) in [6, 6.07) is 13.5. The molecule has 2 aromatic carbocycles. The van der Waals surface area contributed by atoms with Crippen LogP contribution in [0.25, 0.3) is 22.3 Å². The molecule has 1 aliphatic carbocycles. The summed E-state index contributed by atoms with van der Waals surface area (Å²) in [6.45, 7) is 0. The van der Waals surface area contributed by atoms with Gasteiger partial charge in [0.1, 0.15) is 5.76 Å². The highest BCUT2D eigenvalue weighted by molar-refractivity contribution is 6.34. The number of hydrogen-bond acceptors (Lipinski definition) is 2. The van der Waals surface area contributed by atoms with Gasteiger partial charge in [-0.1, -0.05) is 41.9 Å². The van der Waals surface area contributed by atoms with Crippen LogP contribution in [-0.2, 0) is 6.42 Å². The second-order valence-corrected chi connectivity index (χ2v) is 5.43. The number of carbonyl (C=O) groups is 1. The first-order chi connectivity index (χ1) is 9.74. The third kappa shape index (κ3) is 1.61. The number of halogens is 1. The van der Waals surface area contributed by atoms with E-state index in [2.05, 4.69) is 0 Å². The molecule has 0 amide bonds. The first-order valence-electron chi connectivity index (χ1n) is 6.57. The number of Topliss-reactive ketones (excluding diaryl/α,β-unsaturated/α-hetero) is 1. The van der Waals surface area contributed by atoms with Crippen molar-refractivity contribution in [3.8, 4) is 11.3 Å². The van der Waals surface area contributed by atoms with Gasteiger partial charge in [0.05, 0.1) is 5.02 Å². The lowest BCUT2D eigenvalue weighted by Crippen LogP contribution is -1.91. The Morgan fingerprint density at radius 3 is 2.65 bits per heavy atom. The second kappa shape index (κ2) is 4.22. The highest BCUT2D eigenvalue weighted by Gasteiger charge is 2.23. The molecule has 0 bridgehead atoms. The van der Waals surface area contributed by atoms with E-state index in [0.29, 0.717) is 17.0 Å². The average molecular weight is 283 g/mol. The second-order valence-electron chi connectivity index (χ2n) is 5.02. The van der Waals surface area contributed by atoms with Gasteiger partial charge >= 0.3 is 0 Å². The maximum absolute atomic E-state index is 11.8. The summed E-state index contributed by atoms with van der Waals surface area (Å²) in [7, 11) is 0. The highest BCUT2D eigenvalue weighted by atomic mass is 35.5. The lowest BCUT2D eigenvalue weighted by Gasteiger charge is -2.04. The molecule has 1 heterocycles. The molecule has 0 saturated carbocycles. The molecule has 0 aliphatic heterocycles. The molecule has 1 aromatic heterocycles. The van der Waals surface area contributed by atoms with E-state index in [1.54, 1.807) is 0 Å². The Labute approximate surface area is 121 Å². The molecule has 0 N–H and O–H groups in total. The minimum absolute atomic E-state index is 0.219. The lowest BCUT2D eigenvalue weighted by molar-refractivity contribution is 0.0994. The van der Waals surface area contributed by atoms with E-state index in [1.807, 2.05) is 42.5 Å². The molecular weight excluding hydrogens is 272 g/mol. The van der Waals surface area contributed by atoms with Crippen LogP contribution in [0.3, 0.4) is 0 Å². The molecule has 3 aromatic rings. The van der Waals surface area contributed by atoms with Crippen LogP contribution in [0.5, 0.6) is 0 Å². The van der Waals surface area contributed by atoms with Crippen LogP contribution in [0.15, 0.2) is 46.9 Å². The number of fused-ring (bicyclic) bond motifs is 2. The summed E-state index contributed by atoms with van der Waals surface area (Å²) < 4.78 is 5.90. The van der Waals surface area contributed by atoms with Crippen molar-refractivity contribution in [2.75, 3.05) is 0 Å². The van der Waals surface area contributed by atoms with Crippen LogP contribution in [0, 0.1) is 0 Å². The van der Waals surface area contributed by atoms with E-state index in [1.165, 1.54) is 0 Å². The number of ketones is 1. The molecular formula is C17H11ClO2. The van der Waals surface area contributed by atoms with Crippen LogP contribution < -0.4 is 0 Å². The molecule has 3 heteroatoms. The van der Waals surface area contributed by atoms with Crippen LogP contribution in [0.4, 0.5) is 0 Å². The average Bonchev–Trinajstić information content (AvgIpc) is 3.04. The van der Waals surface area contributed by atoms with Crippen molar-refractivity contribution in [1.82, 2.24) is 0 Å². The summed E-state index contributed by atoms with van der Waals surface area (Å²) >= 11 is 6.15. The Bertz CT molecular complexity index is 845. The summed E-state index contributed by atoms with van der Waals surface area (Å²) in [5.41, 5.74) is 3.62. The standard InChI is InChI=1S/C17H11ClO2/c18-14-6-1-3-10-9-16(20-17(10)14)13-5-2-4-12-11(13)7-8-15(12)19/h1-6,9H,7-8H2.